The van der Waals surface area contributed by atoms with Gasteiger partial charge in [-0.1, -0.05) is 6.92 Å². The second-order valence-corrected chi connectivity index (χ2v) is 4.09. The minimum absolute atomic E-state index is 0.420. The van der Waals surface area contributed by atoms with Crippen LogP contribution in [-0.4, -0.2) is 7.05 Å². The van der Waals surface area contributed by atoms with E-state index in [4.69, 9.17) is 4.42 Å². The molecule has 72 valence electrons. The Labute approximate surface area is 79.3 Å². The third-order valence-electron chi connectivity index (χ3n) is 2.98. The van der Waals surface area contributed by atoms with E-state index >= 15 is 0 Å². The van der Waals surface area contributed by atoms with Crippen LogP contribution >= 0.6 is 0 Å². The van der Waals surface area contributed by atoms with E-state index in [2.05, 4.69) is 18.3 Å². The normalized spacial score (nSPS) is 28.8. The molecule has 0 saturated heterocycles. The summed E-state index contributed by atoms with van der Waals surface area (Å²) in [5.41, 5.74) is 0. The number of furan rings is 1. The van der Waals surface area contributed by atoms with Gasteiger partial charge in [-0.15, -0.1) is 0 Å². The Morgan fingerprint density at radius 3 is 2.62 bits per heavy atom. The maximum Gasteiger partial charge on any atom is 0.121 e. The first-order valence-electron chi connectivity index (χ1n) is 4.96. The lowest BCUT2D eigenvalue weighted by Crippen LogP contribution is -2.18. The molecule has 1 aliphatic carbocycles. The smallest absolute Gasteiger partial charge is 0.121 e. The first-order chi connectivity index (χ1) is 6.22. The molecule has 0 aliphatic heterocycles. The minimum Gasteiger partial charge on any atom is -0.465 e. The van der Waals surface area contributed by atoms with Gasteiger partial charge in [-0.3, -0.25) is 0 Å². The Bertz CT molecular complexity index is 292. The summed E-state index contributed by atoms with van der Waals surface area (Å²) in [5.74, 6) is 3.72. The molecule has 0 bridgehead atoms. The van der Waals surface area contributed by atoms with Crippen LogP contribution in [-0.2, 0) is 0 Å². The summed E-state index contributed by atoms with van der Waals surface area (Å²) in [6.07, 6.45) is 1.32. The van der Waals surface area contributed by atoms with E-state index in [1.54, 1.807) is 0 Å². The van der Waals surface area contributed by atoms with Crippen molar-refractivity contribution in [2.45, 2.75) is 26.3 Å². The van der Waals surface area contributed by atoms with Gasteiger partial charge < -0.3 is 9.73 Å². The topological polar surface area (TPSA) is 25.2 Å². The Balaban J connectivity index is 2.13. The maximum atomic E-state index is 5.62. The van der Waals surface area contributed by atoms with Crippen LogP contribution in [0.2, 0.25) is 0 Å². The van der Waals surface area contributed by atoms with E-state index in [0.29, 0.717) is 6.04 Å². The summed E-state index contributed by atoms with van der Waals surface area (Å²) in [5, 5.41) is 3.33. The van der Waals surface area contributed by atoms with Gasteiger partial charge in [-0.05, 0) is 44.4 Å². The van der Waals surface area contributed by atoms with Crippen molar-refractivity contribution in [1.82, 2.24) is 5.32 Å². The molecule has 0 spiro atoms. The number of nitrogens with one attached hydrogen (secondary N) is 1. The lowest BCUT2D eigenvalue weighted by molar-refractivity contribution is 0.382. The summed E-state index contributed by atoms with van der Waals surface area (Å²) in [4.78, 5) is 0. The van der Waals surface area contributed by atoms with Crippen molar-refractivity contribution in [1.29, 1.82) is 0 Å². The summed E-state index contributed by atoms with van der Waals surface area (Å²) < 4.78 is 5.62. The van der Waals surface area contributed by atoms with Crippen molar-refractivity contribution in [3.63, 3.8) is 0 Å². The van der Waals surface area contributed by atoms with Gasteiger partial charge in [0, 0.05) is 0 Å². The molecule has 0 aromatic carbocycles. The van der Waals surface area contributed by atoms with Gasteiger partial charge >= 0.3 is 0 Å². The van der Waals surface area contributed by atoms with Gasteiger partial charge in [0.05, 0.1) is 6.04 Å². The zero-order valence-electron chi connectivity index (χ0n) is 8.50. The Morgan fingerprint density at radius 1 is 1.54 bits per heavy atom. The van der Waals surface area contributed by atoms with Crippen LogP contribution in [0.5, 0.6) is 0 Å². The van der Waals surface area contributed by atoms with Gasteiger partial charge in [-0.2, -0.15) is 0 Å². The zero-order valence-corrected chi connectivity index (χ0v) is 8.50. The van der Waals surface area contributed by atoms with Crippen molar-refractivity contribution in [2.24, 2.45) is 11.8 Å². The molecule has 2 heteroatoms. The van der Waals surface area contributed by atoms with Crippen LogP contribution in [0, 0.1) is 18.8 Å². The SMILES string of the molecule is CNC(c1ccc(C)o1)C1CC1C. The fourth-order valence-corrected chi connectivity index (χ4v) is 2.00. The molecule has 1 saturated carbocycles. The number of hydrogen-bond donors (Lipinski definition) is 1. The highest BCUT2D eigenvalue weighted by molar-refractivity contribution is 5.13. The highest BCUT2D eigenvalue weighted by Gasteiger charge is 2.40. The molecule has 2 nitrogen and oxygen atoms in total. The molecular weight excluding hydrogens is 162 g/mol. The average Bonchev–Trinajstić information content (AvgIpc) is 2.62. The van der Waals surface area contributed by atoms with Crippen molar-refractivity contribution < 1.29 is 4.42 Å². The molecule has 0 radical (unpaired) electrons. The summed E-state index contributed by atoms with van der Waals surface area (Å²) in [7, 11) is 2.01. The van der Waals surface area contributed by atoms with Crippen LogP contribution in [0.3, 0.4) is 0 Å². The Hall–Kier alpha value is -0.760. The largest absolute Gasteiger partial charge is 0.465 e. The highest BCUT2D eigenvalue weighted by Crippen LogP contribution is 2.46. The second-order valence-electron chi connectivity index (χ2n) is 4.09. The molecule has 1 fully saturated rings. The first-order valence-corrected chi connectivity index (χ1v) is 4.96. The van der Waals surface area contributed by atoms with Gasteiger partial charge in [-0.25, -0.2) is 0 Å². The van der Waals surface area contributed by atoms with Gasteiger partial charge in [0.25, 0.3) is 0 Å². The maximum absolute atomic E-state index is 5.62. The molecule has 3 unspecified atom stereocenters. The molecule has 1 aromatic rings. The molecule has 2 rings (SSSR count). The molecule has 1 aromatic heterocycles. The van der Waals surface area contributed by atoms with Gasteiger partial charge in [0.1, 0.15) is 11.5 Å². The second kappa shape index (κ2) is 3.18. The van der Waals surface area contributed by atoms with E-state index in [-0.39, 0.29) is 0 Å². The molecule has 0 amide bonds. The van der Waals surface area contributed by atoms with E-state index < -0.39 is 0 Å². The van der Waals surface area contributed by atoms with Crippen LogP contribution in [0.15, 0.2) is 16.5 Å². The van der Waals surface area contributed by atoms with E-state index in [1.807, 2.05) is 20.0 Å². The minimum atomic E-state index is 0.420. The molecular formula is C11H17NO. The van der Waals surface area contributed by atoms with Crippen molar-refractivity contribution in [3.05, 3.63) is 23.7 Å². The quantitative estimate of drug-likeness (QED) is 0.771. The third-order valence-corrected chi connectivity index (χ3v) is 2.98. The van der Waals surface area contributed by atoms with Gasteiger partial charge in [0.15, 0.2) is 0 Å². The molecule has 1 heterocycles. The van der Waals surface area contributed by atoms with Crippen molar-refractivity contribution in [3.8, 4) is 0 Å². The van der Waals surface area contributed by atoms with Crippen LogP contribution in [0.25, 0.3) is 0 Å². The predicted molar refractivity (Wildman–Crippen MR) is 52.5 cm³/mol. The first kappa shape index (κ1) is 8.82. The fourth-order valence-electron chi connectivity index (χ4n) is 2.00. The number of rotatable bonds is 3. The monoisotopic (exact) mass is 179 g/mol. The van der Waals surface area contributed by atoms with E-state index in [9.17, 15) is 0 Å². The predicted octanol–water partition coefficient (Wildman–Crippen LogP) is 2.50. The van der Waals surface area contributed by atoms with Crippen LogP contribution < -0.4 is 5.32 Å². The lowest BCUT2D eigenvalue weighted by Gasteiger charge is -2.12. The Kier molecular flexibility index (Phi) is 2.16. The average molecular weight is 179 g/mol. The fraction of sp³-hybridized carbons (Fsp3) is 0.636. The third kappa shape index (κ3) is 1.63. The van der Waals surface area contributed by atoms with Gasteiger partial charge in [0.2, 0.25) is 0 Å². The molecule has 1 aliphatic rings. The van der Waals surface area contributed by atoms with Crippen molar-refractivity contribution >= 4 is 0 Å². The van der Waals surface area contributed by atoms with Crippen LogP contribution in [0.4, 0.5) is 0 Å². The molecule has 13 heavy (non-hydrogen) atoms. The molecule has 3 atom stereocenters. The molecule has 1 N–H and O–H groups in total. The van der Waals surface area contributed by atoms with Crippen molar-refractivity contribution in [2.75, 3.05) is 7.05 Å². The zero-order chi connectivity index (χ0) is 9.42. The standard InChI is InChI=1S/C11H17NO/c1-7-6-9(7)11(12-3)10-5-4-8(2)13-10/h4-5,7,9,11-12H,6H2,1-3H3. The van der Waals surface area contributed by atoms with Crippen LogP contribution in [0.1, 0.15) is 30.9 Å². The summed E-state index contributed by atoms with van der Waals surface area (Å²) >= 11 is 0. The highest BCUT2D eigenvalue weighted by atomic mass is 16.3. The van der Waals surface area contributed by atoms with E-state index in [0.717, 1.165) is 23.4 Å². The lowest BCUT2D eigenvalue weighted by atomic mass is 10.1. The summed E-state index contributed by atoms with van der Waals surface area (Å²) in [6, 6.07) is 4.54. The number of aryl methyl sites for hydroxylation is 1. The van der Waals surface area contributed by atoms with E-state index in [1.165, 1.54) is 6.42 Å². The Morgan fingerprint density at radius 2 is 2.23 bits per heavy atom. The number of hydrogen-bond acceptors (Lipinski definition) is 2. The summed E-state index contributed by atoms with van der Waals surface area (Å²) in [6.45, 7) is 4.29.